The summed E-state index contributed by atoms with van der Waals surface area (Å²) >= 11 is 0. The molecule has 0 unspecified atom stereocenters. The molecule has 2 amide bonds. The van der Waals surface area contributed by atoms with Gasteiger partial charge < -0.3 is 20.1 Å². The number of aromatic nitrogens is 1. The van der Waals surface area contributed by atoms with E-state index in [1.807, 2.05) is 26.1 Å². The minimum Gasteiger partial charge on any atom is -0.488 e. The maximum Gasteiger partial charge on any atom is 0.389 e. The molecule has 3 atom stereocenters. The summed E-state index contributed by atoms with van der Waals surface area (Å²) in [5, 5.41) is 12.3. The number of anilines is 1. The number of alkyl halides is 3. The summed E-state index contributed by atoms with van der Waals surface area (Å²) in [6, 6.07) is 8.22. The van der Waals surface area contributed by atoms with Crippen LogP contribution >= 0.6 is 0 Å². The highest BCUT2D eigenvalue weighted by atomic mass is 19.4. The zero-order chi connectivity index (χ0) is 27.9. The number of benzene rings is 1. The monoisotopic (exact) mass is 536 g/mol. The van der Waals surface area contributed by atoms with Gasteiger partial charge in [-0.2, -0.15) is 13.2 Å². The minimum atomic E-state index is -4.43. The van der Waals surface area contributed by atoms with Crippen LogP contribution in [0.25, 0.3) is 0 Å². The molecule has 1 aromatic heterocycles. The summed E-state index contributed by atoms with van der Waals surface area (Å²) in [5.41, 5.74) is 1.89. The molecule has 0 spiro atoms. The first-order chi connectivity index (χ1) is 17.9. The Kier molecular flexibility index (Phi) is 10.1. The highest BCUT2D eigenvalue weighted by Gasteiger charge is 2.31. The second-order valence-corrected chi connectivity index (χ2v) is 9.93. The topological polar surface area (TPSA) is 95.0 Å². The zero-order valence-electron chi connectivity index (χ0n) is 21.9. The number of fused-ring (bicyclic) bond motifs is 1. The third kappa shape index (κ3) is 8.70. The summed E-state index contributed by atoms with van der Waals surface area (Å²) in [7, 11) is 1.98. The first-order valence-corrected chi connectivity index (χ1v) is 12.6. The number of carbonyl (C=O) groups excluding carboxylic acids is 2. The molecule has 2 heterocycles. The van der Waals surface area contributed by atoms with Crippen LogP contribution < -0.4 is 10.1 Å². The van der Waals surface area contributed by atoms with E-state index in [2.05, 4.69) is 15.2 Å². The van der Waals surface area contributed by atoms with E-state index in [-0.39, 0.29) is 36.6 Å². The maximum absolute atomic E-state index is 13.3. The first-order valence-electron chi connectivity index (χ1n) is 12.6. The zero-order valence-corrected chi connectivity index (χ0v) is 21.9. The minimum absolute atomic E-state index is 0.0434. The summed E-state index contributed by atoms with van der Waals surface area (Å²) in [4.78, 5) is 33.1. The number of carbonyl (C=O) groups is 2. The maximum atomic E-state index is 13.3. The molecule has 2 N–H and O–H groups in total. The van der Waals surface area contributed by atoms with E-state index in [0.717, 1.165) is 5.56 Å². The quantitative estimate of drug-likeness (QED) is 0.508. The van der Waals surface area contributed by atoms with Crippen LogP contribution in [0.4, 0.5) is 18.9 Å². The van der Waals surface area contributed by atoms with Crippen LogP contribution in [-0.2, 0) is 22.6 Å². The van der Waals surface area contributed by atoms with Gasteiger partial charge in [-0.15, -0.1) is 0 Å². The van der Waals surface area contributed by atoms with Crippen molar-refractivity contribution >= 4 is 17.5 Å². The number of ether oxygens (including phenoxy) is 1. The molecule has 0 saturated heterocycles. The predicted molar refractivity (Wildman–Crippen MR) is 136 cm³/mol. The Bertz CT molecular complexity index is 1080. The molecular formula is C27H35F3N4O4. The second kappa shape index (κ2) is 13.1. The Balaban J connectivity index is 1.84. The van der Waals surface area contributed by atoms with Gasteiger partial charge in [-0.25, -0.2) is 0 Å². The summed E-state index contributed by atoms with van der Waals surface area (Å²) in [6.45, 7) is 5.16. The van der Waals surface area contributed by atoms with E-state index in [4.69, 9.17) is 4.74 Å². The van der Waals surface area contributed by atoms with Crippen molar-refractivity contribution in [2.24, 2.45) is 5.92 Å². The van der Waals surface area contributed by atoms with Gasteiger partial charge in [0.05, 0.1) is 25.5 Å². The van der Waals surface area contributed by atoms with Crippen LogP contribution in [0.15, 0.2) is 42.7 Å². The lowest BCUT2D eigenvalue weighted by atomic mass is 10.0. The fourth-order valence-corrected chi connectivity index (χ4v) is 4.38. The molecule has 0 radical (unpaired) electrons. The number of aliphatic hydroxyl groups is 1. The third-order valence-corrected chi connectivity index (χ3v) is 6.53. The number of pyridine rings is 1. The van der Waals surface area contributed by atoms with E-state index in [9.17, 15) is 27.9 Å². The first kappa shape index (κ1) is 29.4. The highest BCUT2D eigenvalue weighted by Crippen LogP contribution is 2.30. The van der Waals surface area contributed by atoms with Gasteiger partial charge in [-0.3, -0.25) is 19.5 Å². The van der Waals surface area contributed by atoms with Gasteiger partial charge in [0.15, 0.2) is 0 Å². The van der Waals surface area contributed by atoms with E-state index in [1.165, 1.54) is 0 Å². The molecule has 1 aliphatic heterocycles. The van der Waals surface area contributed by atoms with Crippen LogP contribution in [0.3, 0.4) is 0 Å². The Morgan fingerprint density at radius 2 is 2.00 bits per heavy atom. The largest absolute Gasteiger partial charge is 0.488 e. The van der Waals surface area contributed by atoms with Gasteiger partial charge in [0.2, 0.25) is 11.8 Å². The summed E-state index contributed by atoms with van der Waals surface area (Å²) < 4.78 is 43.9. The SMILES string of the molecule is C[C@@H]1CN([C@@H](C)CO)C(=O)Cc2cc(NC(=O)CCC(F)(F)F)ccc2O[C@@H]1CN(C)Cc1ccncc1. The normalized spacial score (nSPS) is 19.2. The van der Waals surface area contributed by atoms with Crippen LogP contribution in [0.1, 0.15) is 37.8 Å². The van der Waals surface area contributed by atoms with Crippen molar-refractivity contribution < 1.29 is 32.6 Å². The summed E-state index contributed by atoms with van der Waals surface area (Å²) in [5.74, 6) is -0.591. The van der Waals surface area contributed by atoms with E-state index in [1.54, 1.807) is 42.4 Å². The van der Waals surface area contributed by atoms with Crippen LogP contribution in [0.2, 0.25) is 0 Å². The van der Waals surface area contributed by atoms with Crippen LogP contribution in [-0.4, -0.2) is 76.8 Å². The van der Waals surface area contributed by atoms with Crippen LogP contribution in [0, 0.1) is 5.92 Å². The molecule has 3 rings (SSSR count). The van der Waals surface area contributed by atoms with Gasteiger partial charge in [0, 0.05) is 55.6 Å². The fraction of sp³-hybridized carbons (Fsp3) is 0.519. The number of amides is 2. The van der Waals surface area contributed by atoms with Crippen molar-refractivity contribution in [2.75, 3.05) is 32.1 Å². The lowest BCUT2D eigenvalue weighted by Crippen LogP contribution is -2.47. The number of hydrogen-bond acceptors (Lipinski definition) is 6. The van der Waals surface area contributed by atoms with Gasteiger partial charge in [-0.05, 0) is 49.9 Å². The summed E-state index contributed by atoms with van der Waals surface area (Å²) in [6.07, 6.45) is -3.22. The molecule has 1 aromatic carbocycles. The highest BCUT2D eigenvalue weighted by molar-refractivity contribution is 5.91. The number of rotatable bonds is 9. The number of likely N-dealkylation sites (N-methyl/N-ethyl adjacent to an activating group) is 1. The predicted octanol–water partition coefficient (Wildman–Crippen LogP) is 3.64. The van der Waals surface area contributed by atoms with Crippen LogP contribution in [0.5, 0.6) is 5.75 Å². The van der Waals surface area contributed by atoms with E-state index < -0.39 is 31.0 Å². The Hall–Kier alpha value is -3.18. The molecule has 0 bridgehead atoms. The molecule has 11 heteroatoms. The van der Waals surface area contributed by atoms with E-state index >= 15 is 0 Å². The molecule has 0 saturated carbocycles. The number of halogens is 3. The van der Waals surface area contributed by atoms with Crippen molar-refractivity contribution in [1.82, 2.24) is 14.8 Å². The number of nitrogens with zero attached hydrogens (tertiary/aromatic N) is 3. The van der Waals surface area contributed by atoms with Gasteiger partial charge in [0.1, 0.15) is 11.9 Å². The smallest absolute Gasteiger partial charge is 0.389 e. The number of aliphatic hydroxyl groups excluding tert-OH is 1. The standard InChI is InChI=1S/C27H35F3N4O4/c1-18-14-34(19(2)17-35)26(37)13-21-12-22(32-25(36)6-9-27(28,29)30)4-5-23(21)38-24(18)16-33(3)15-20-7-10-31-11-8-20/h4-5,7-8,10-12,18-19,24,35H,6,9,13-17H2,1-3H3,(H,32,36)/t18-,19+,24-/m1/s1. The molecule has 208 valence electrons. The Morgan fingerprint density at radius 1 is 1.29 bits per heavy atom. The van der Waals surface area contributed by atoms with Crippen molar-refractivity contribution in [3.8, 4) is 5.75 Å². The van der Waals surface area contributed by atoms with Crippen molar-refractivity contribution in [3.63, 3.8) is 0 Å². The second-order valence-electron chi connectivity index (χ2n) is 9.93. The number of hydrogen-bond donors (Lipinski definition) is 2. The average molecular weight is 537 g/mol. The van der Waals surface area contributed by atoms with Crippen molar-refractivity contribution in [2.45, 2.75) is 58.0 Å². The number of nitrogens with one attached hydrogen (secondary N) is 1. The molecule has 38 heavy (non-hydrogen) atoms. The van der Waals surface area contributed by atoms with Crippen molar-refractivity contribution in [1.29, 1.82) is 0 Å². The molecule has 1 aliphatic rings. The lowest BCUT2D eigenvalue weighted by molar-refractivity contribution is -0.142. The molecule has 2 aromatic rings. The Labute approximate surface area is 220 Å². The average Bonchev–Trinajstić information content (AvgIpc) is 2.90. The lowest BCUT2D eigenvalue weighted by Gasteiger charge is -2.34. The Morgan fingerprint density at radius 3 is 2.66 bits per heavy atom. The van der Waals surface area contributed by atoms with Gasteiger partial charge >= 0.3 is 6.18 Å². The molecule has 0 aliphatic carbocycles. The fourth-order valence-electron chi connectivity index (χ4n) is 4.38. The molecular weight excluding hydrogens is 501 g/mol. The van der Waals surface area contributed by atoms with Gasteiger partial charge in [0.25, 0.3) is 0 Å². The molecule has 8 nitrogen and oxygen atoms in total. The van der Waals surface area contributed by atoms with E-state index in [0.29, 0.717) is 30.9 Å². The van der Waals surface area contributed by atoms with Crippen molar-refractivity contribution in [3.05, 3.63) is 53.9 Å². The van der Waals surface area contributed by atoms with Gasteiger partial charge in [-0.1, -0.05) is 6.92 Å². The third-order valence-electron chi connectivity index (χ3n) is 6.53. The molecule has 0 fully saturated rings.